The zero-order chi connectivity index (χ0) is 17.3. The predicted molar refractivity (Wildman–Crippen MR) is 95.0 cm³/mol. The number of carbonyl (C=O) groups is 1. The Morgan fingerprint density at radius 1 is 1.17 bits per heavy atom. The van der Waals surface area contributed by atoms with Gasteiger partial charge in [-0.25, -0.2) is 0 Å². The standard InChI is InChI=1S/C18H18N2O3S/c1-11-6-5-7-15-16(11)20(2)18(24-15)19-17(21)13-10-12(22-3)8-9-14(13)23-4/h5-10H,1-4H3. The highest BCUT2D eigenvalue weighted by Gasteiger charge is 2.14. The Hall–Kier alpha value is -2.60. The van der Waals surface area contributed by atoms with Crippen LogP contribution in [-0.2, 0) is 7.05 Å². The molecule has 1 amide bonds. The third-order valence-corrected chi connectivity index (χ3v) is 4.96. The molecule has 0 spiro atoms. The van der Waals surface area contributed by atoms with E-state index in [0.717, 1.165) is 15.8 Å². The molecule has 0 radical (unpaired) electrons. The number of amides is 1. The van der Waals surface area contributed by atoms with Crippen LogP contribution in [0, 0.1) is 6.92 Å². The largest absolute Gasteiger partial charge is 0.497 e. The molecule has 1 aromatic heterocycles. The average molecular weight is 342 g/mol. The minimum atomic E-state index is -0.356. The van der Waals surface area contributed by atoms with E-state index in [0.29, 0.717) is 21.9 Å². The maximum absolute atomic E-state index is 12.7. The van der Waals surface area contributed by atoms with E-state index in [1.165, 1.54) is 18.4 Å². The number of methoxy groups -OCH3 is 2. The Balaban J connectivity index is 2.14. The van der Waals surface area contributed by atoms with E-state index in [1.54, 1.807) is 25.3 Å². The first-order valence-electron chi connectivity index (χ1n) is 7.41. The molecule has 3 aromatic rings. The van der Waals surface area contributed by atoms with Crippen LogP contribution in [0.4, 0.5) is 0 Å². The molecule has 3 rings (SSSR count). The molecular formula is C18H18N2O3S. The lowest BCUT2D eigenvalue weighted by Crippen LogP contribution is -2.14. The highest BCUT2D eigenvalue weighted by Crippen LogP contribution is 2.25. The zero-order valence-corrected chi connectivity index (χ0v) is 14.8. The molecule has 124 valence electrons. The van der Waals surface area contributed by atoms with Gasteiger partial charge >= 0.3 is 0 Å². The Labute approximate surface area is 143 Å². The Bertz CT molecular complexity index is 986. The van der Waals surface area contributed by atoms with Crippen LogP contribution >= 0.6 is 11.3 Å². The molecule has 5 nitrogen and oxygen atoms in total. The zero-order valence-electron chi connectivity index (χ0n) is 14.0. The van der Waals surface area contributed by atoms with Crippen molar-refractivity contribution < 1.29 is 14.3 Å². The van der Waals surface area contributed by atoms with E-state index in [-0.39, 0.29) is 5.91 Å². The third kappa shape index (κ3) is 2.80. The fraction of sp³-hybridized carbons (Fsp3) is 0.222. The predicted octanol–water partition coefficient (Wildman–Crippen LogP) is 3.31. The van der Waals surface area contributed by atoms with Gasteiger partial charge in [0.15, 0.2) is 4.80 Å². The summed E-state index contributed by atoms with van der Waals surface area (Å²) in [6, 6.07) is 11.2. The van der Waals surface area contributed by atoms with Crippen molar-refractivity contribution in [3.63, 3.8) is 0 Å². The van der Waals surface area contributed by atoms with Crippen LogP contribution in [0.2, 0.25) is 0 Å². The van der Waals surface area contributed by atoms with E-state index in [1.807, 2.05) is 36.7 Å². The molecule has 6 heteroatoms. The highest BCUT2D eigenvalue weighted by atomic mass is 32.1. The third-order valence-electron chi connectivity index (χ3n) is 3.86. The highest BCUT2D eigenvalue weighted by molar-refractivity contribution is 7.16. The van der Waals surface area contributed by atoms with Crippen molar-refractivity contribution in [2.45, 2.75) is 6.92 Å². The Morgan fingerprint density at radius 3 is 2.62 bits per heavy atom. The molecule has 0 aliphatic heterocycles. The van der Waals surface area contributed by atoms with Gasteiger partial charge in [-0.15, -0.1) is 0 Å². The lowest BCUT2D eigenvalue weighted by molar-refractivity contribution is 0.0994. The molecule has 0 saturated carbocycles. The number of fused-ring (bicyclic) bond motifs is 1. The van der Waals surface area contributed by atoms with Gasteiger partial charge in [0.05, 0.1) is 30.0 Å². The van der Waals surface area contributed by atoms with Crippen molar-refractivity contribution >= 4 is 27.5 Å². The van der Waals surface area contributed by atoms with Crippen molar-refractivity contribution in [2.75, 3.05) is 14.2 Å². The normalized spacial score (nSPS) is 11.8. The minimum Gasteiger partial charge on any atom is -0.497 e. The van der Waals surface area contributed by atoms with Crippen LogP contribution in [-0.4, -0.2) is 24.7 Å². The van der Waals surface area contributed by atoms with Crippen LogP contribution in [0.25, 0.3) is 10.2 Å². The van der Waals surface area contributed by atoms with Crippen LogP contribution in [0.15, 0.2) is 41.4 Å². The fourth-order valence-corrected chi connectivity index (χ4v) is 3.73. The van der Waals surface area contributed by atoms with Gasteiger partial charge in [-0.05, 0) is 36.8 Å². The van der Waals surface area contributed by atoms with Crippen molar-refractivity contribution in [3.05, 3.63) is 52.3 Å². The van der Waals surface area contributed by atoms with Gasteiger partial charge in [0, 0.05) is 7.05 Å². The summed E-state index contributed by atoms with van der Waals surface area (Å²) in [5, 5.41) is 0. The number of hydrogen-bond acceptors (Lipinski definition) is 4. The van der Waals surface area contributed by atoms with E-state index >= 15 is 0 Å². The molecule has 0 unspecified atom stereocenters. The van der Waals surface area contributed by atoms with Crippen molar-refractivity contribution in [3.8, 4) is 11.5 Å². The van der Waals surface area contributed by atoms with Gasteiger partial charge in [0.1, 0.15) is 11.5 Å². The fourth-order valence-electron chi connectivity index (χ4n) is 2.63. The number of ether oxygens (including phenoxy) is 2. The summed E-state index contributed by atoms with van der Waals surface area (Å²) >= 11 is 1.49. The monoisotopic (exact) mass is 342 g/mol. The second-order valence-electron chi connectivity index (χ2n) is 5.35. The van der Waals surface area contributed by atoms with E-state index in [4.69, 9.17) is 9.47 Å². The number of benzene rings is 2. The SMILES string of the molecule is COc1ccc(OC)c(C(=O)N=c2sc3cccc(C)c3n2C)c1. The van der Waals surface area contributed by atoms with E-state index in [2.05, 4.69) is 4.99 Å². The van der Waals surface area contributed by atoms with Gasteiger partial charge < -0.3 is 14.0 Å². The summed E-state index contributed by atoms with van der Waals surface area (Å²) in [5.74, 6) is 0.709. The molecule has 0 aliphatic rings. The lowest BCUT2D eigenvalue weighted by Gasteiger charge is -2.07. The topological polar surface area (TPSA) is 52.8 Å². The van der Waals surface area contributed by atoms with E-state index in [9.17, 15) is 4.79 Å². The van der Waals surface area contributed by atoms with Gasteiger partial charge in [-0.3, -0.25) is 4.79 Å². The van der Waals surface area contributed by atoms with Gasteiger partial charge in [-0.1, -0.05) is 23.5 Å². The summed E-state index contributed by atoms with van der Waals surface area (Å²) in [6.07, 6.45) is 0. The number of hydrogen-bond donors (Lipinski definition) is 0. The molecule has 0 fully saturated rings. The van der Waals surface area contributed by atoms with E-state index < -0.39 is 0 Å². The van der Waals surface area contributed by atoms with Crippen molar-refractivity contribution in [1.82, 2.24) is 4.57 Å². The molecule has 0 bridgehead atoms. The van der Waals surface area contributed by atoms with Gasteiger partial charge in [0.25, 0.3) is 5.91 Å². The number of aromatic nitrogens is 1. The molecule has 24 heavy (non-hydrogen) atoms. The Kier molecular flexibility index (Phi) is 4.40. The average Bonchev–Trinajstić information content (AvgIpc) is 2.91. The first-order chi connectivity index (χ1) is 11.5. The number of carbonyl (C=O) groups excluding carboxylic acids is 1. The summed E-state index contributed by atoms with van der Waals surface area (Å²) in [6.45, 7) is 2.05. The molecule has 2 aromatic carbocycles. The number of nitrogens with zero attached hydrogens (tertiary/aromatic N) is 2. The van der Waals surface area contributed by atoms with Crippen LogP contribution in [0.1, 0.15) is 15.9 Å². The summed E-state index contributed by atoms with van der Waals surface area (Å²) < 4.78 is 13.5. The van der Waals surface area contributed by atoms with Crippen molar-refractivity contribution in [1.29, 1.82) is 0 Å². The Morgan fingerprint density at radius 2 is 1.96 bits per heavy atom. The maximum Gasteiger partial charge on any atom is 0.283 e. The summed E-state index contributed by atoms with van der Waals surface area (Å²) in [5.41, 5.74) is 2.62. The van der Waals surface area contributed by atoms with Gasteiger partial charge in [0.2, 0.25) is 0 Å². The second-order valence-corrected chi connectivity index (χ2v) is 6.36. The molecular weight excluding hydrogens is 324 g/mol. The van der Waals surface area contributed by atoms with Gasteiger partial charge in [-0.2, -0.15) is 4.99 Å². The maximum atomic E-state index is 12.7. The van der Waals surface area contributed by atoms with Crippen LogP contribution in [0.3, 0.4) is 0 Å². The number of rotatable bonds is 3. The lowest BCUT2D eigenvalue weighted by atomic mass is 10.2. The number of para-hydroxylation sites is 1. The first kappa shape index (κ1) is 16.3. The van der Waals surface area contributed by atoms with Crippen LogP contribution < -0.4 is 14.3 Å². The first-order valence-corrected chi connectivity index (χ1v) is 8.23. The summed E-state index contributed by atoms with van der Waals surface area (Å²) in [4.78, 5) is 17.6. The molecule has 1 heterocycles. The molecule has 0 N–H and O–H groups in total. The molecule has 0 saturated heterocycles. The second kappa shape index (κ2) is 6.49. The number of aryl methyl sites for hydroxylation is 2. The molecule has 0 atom stereocenters. The number of thiazole rings is 1. The van der Waals surface area contributed by atoms with Crippen LogP contribution in [0.5, 0.6) is 11.5 Å². The summed E-state index contributed by atoms with van der Waals surface area (Å²) in [7, 11) is 5.00. The quantitative estimate of drug-likeness (QED) is 0.734. The molecule has 0 aliphatic carbocycles. The smallest absolute Gasteiger partial charge is 0.283 e. The van der Waals surface area contributed by atoms with Crippen molar-refractivity contribution in [2.24, 2.45) is 12.0 Å². The minimum absolute atomic E-state index is 0.356.